The third-order valence-corrected chi connectivity index (χ3v) is 3.26. The SMILES string of the molecule is C1COCO1.Nc1nc(=O)n([C@@H]2O[C@H](CO)[C@@H](O)[C@H]2O)cc1F. The average molecular weight is 335 g/mol. The molecule has 0 spiro atoms. The number of hydrogen-bond donors (Lipinski definition) is 4. The minimum Gasteiger partial charge on any atom is -0.394 e. The molecule has 3 heterocycles. The van der Waals surface area contributed by atoms with Gasteiger partial charge in [-0.05, 0) is 0 Å². The van der Waals surface area contributed by atoms with Crippen LogP contribution in [0, 0.1) is 5.82 Å². The van der Waals surface area contributed by atoms with Gasteiger partial charge in [-0.2, -0.15) is 4.98 Å². The van der Waals surface area contributed by atoms with Gasteiger partial charge in [-0.1, -0.05) is 0 Å². The van der Waals surface area contributed by atoms with Crippen LogP contribution < -0.4 is 11.4 Å². The fourth-order valence-electron chi connectivity index (χ4n) is 2.04. The van der Waals surface area contributed by atoms with E-state index in [-0.39, 0.29) is 0 Å². The number of aromatic nitrogens is 2. The quantitative estimate of drug-likeness (QED) is 0.462. The Morgan fingerprint density at radius 2 is 2.00 bits per heavy atom. The summed E-state index contributed by atoms with van der Waals surface area (Å²) < 4.78 is 28.4. The van der Waals surface area contributed by atoms with E-state index >= 15 is 0 Å². The largest absolute Gasteiger partial charge is 0.394 e. The lowest BCUT2D eigenvalue weighted by Crippen LogP contribution is -2.36. The molecule has 0 amide bonds. The van der Waals surface area contributed by atoms with Crippen LogP contribution in [0.15, 0.2) is 11.0 Å². The van der Waals surface area contributed by atoms with Crippen molar-refractivity contribution in [1.29, 1.82) is 0 Å². The zero-order valence-corrected chi connectivity index (χ0v) is 12.0. The topological polar surface area (TPSA) is 149 Å². The number of anilines is 1. The van der Waals surface area contributed by atoms with Gasteiger partial charge in [-0.3, -0.25) is 4.57 Å². The molecular formula is C12H18FN3O7. The fourth-order valence-corrected chi connectivity index (χ4v) is 2.04. The van der Waals surface area contributed by atoms with Gasteiger partial charge in [0.15, 0.2) is 17.9 Å². The molecule has 0 aromatic carbocycles. The minimum atomic E-state index is -1.48. The normalized spacial score (nSPS) is 30.1. The summed E-state index contributed by atoms with van der Waals surface area (Å²) in [6, 6.07) is 0. The zero-order chi connectivity index (χ0) is 17.0. The Bertz CT molecular complexity index is 573. The number of hydrogen-bond acceptors (Lipinski definition) is 9. The zero-order valence-electron chi connectivity index (χ0n) is 12.0. The van der Waals surface area contributed by atoms with Gasteiger partial charge in [0.1, 0.15) is 25.1 Å². The van der Waals surface area contributed by atoms with E-state index in [1.807, 2.05) is 0 Å². The Morgan fingerprint density at radius 3 is 2.48 bits per heavy atom. The maximum atomic E-state index is 13.2. The van der Waals surface area contributed by atoms with Crippen LogP contribution in [0.5, 0.6) is 0 Å². The summed E-state index contributed by atoms with van der Waals surface area (Å²) in [5, 5.41) is 28.1. The summed E-state index contributed by atoms with van der Waals surface area (Å²) in [5.74, 6) is -1.52. The molecule has 0 bridgehead atoms. The van der Waals surface area contributed by atoms with Crippen molar-refractivity contribution in [3.05, 3.63) is 22.5 Å². The molecule has 10 nitrogen and oxygen atoms in total. The number of nitrogens with two attached hydrogens (primary N) is 1. The molecular weight excluding hydrogens is 317 g/mol. The third-order valence-electron chi connectivity index (χ3n) is 3.26. The number of aliphatic hydroxyl groups excluding tert-OH is 3. The highest BCUT2D eigenvalue weighted by molar-refractivity contribution is 5.26. The number of rotatable bonds is 2. The van der Waals surface area contributed by atoms with E-state index in [1.165, 1.54) is 0 Å². The highest BCUT2D eigenvalue weighted by Crippen LogP contribution is 2.28. The van der Waals surface area contributed by atoms with Crippen LogP contribution in [0.2, 0.25) is 0 Å². The van der Waals surface area contributed by atoms with E-state index in [9.17, 15) is 19.4 Å². The molecule has 5 N–H and O–H groups in total. The second-order valence-corrected chi connectivity index (χ2v) is 4.83. The van der Waals surface area contributed by atoms with E-state index in [0.717, 1.165) is 19.4 Å². The van der Waals surface area contributed by atoms with E-state index in [1.54, 1.807) is 0 Å². The van der Waals surface area contributed by atoms with Gasteiger partial charge in [0, 0.05) is 0 Å². The second kappa shape index (κ2) is 7.77. The van der Waals surface area contributed by atoms with E-state index in [0.29, 0.717) is 11.4 Å². The molecule has 2 aliphatic rings. The Labute approximate surface area is 129 Å². The number of nitrogen functional groups attached to an aromatic ring is 1. The van der Waals surface area contributed by atoms with Gasteiger partial charge in [-0.25, -0.2) is 9.18 Å². The first-order chi connectivity index (χ1) is 11.0. The molecule has 0 radical (unpaired) electrons. The summed E-state index contributed by atoms with van der Waals surface area (Å²) >= 11 is 0. The summed E-state index contributed by atoms with van der Waals surface area (Å²) in [6.07, 6.45) is -4.52. The Kier molecular flexibility index (Phi) is 5.98. The lowest BCUT2D eigenvalue weighted by Gasteiger charge is -2.17. The first-order valence-electron chi connectivity index (χ1n) is 6.77. The monoisotopic (exact) mass is 335 g/mol. The van der Waals surface area contributed by atoms with Crippen molar-refractivity contribution in [2.24, 2.45) is 0 Å². The van der Waals surface area contributed by atoms with Crippen LogP contribution >= 0.6 is 0 Å². The molecule has 1 aromatic rings. The molecule has 4 atom stereocenters. The van der Waals surface area contributed by atoms with Crippen molar-refractivity contribution in [2.75, 3.05) is 32.3 Å². The third kappa shape index (κ3) is 4.02. The predicted molar refractivity (Wildman–Crippen MR) is 72.6 cm³/mol. The Hall–Kier alpha value is -1.63. The summed E-state index contributed by atoms with van der Waals surface area (Å²) in [4.78, 5) is 14.7. The van der Waals surface area contributed by atoms with Crippen LogP contribution in [-0.2, 0) is 14.2 Å². The summed E-state index contributed by atoms with van der Waals surface area (Å²) in [6.45, 7) is 1.51. The molecule has 0 aliphatic carbocycles. The summed E-state index contributed by atoms with van der Waals surface area (Å²) in [5.41, 5.74) is 4.18. The van der Waals surface area contributed by atoms with Crippen molar-refractivity contribution in [2.45, 2.75) is 24.5 Å². The van der Waals surface area contributed by atoms with Crippen LogP contribution in [0.3, 0.4) is 0 Å². The van der Waals surface area contributed by atoms with Crippen molar-refractivity contribution < 1.29 is 33.9 Å². The highest BCUT2D eigenvalue weighted by atomic mass is 19.1. The molecule has 23 heavy (non-hydrogen) atoms. The molecule has 3 rings (SSSR count). The van der Waals surface area contributed by atoms with Crippen LogP contribution in [0.25, 0.3) is 0 Å². The molecule has 11 heteroatoms. The van der Waals surface area contributed by atoms with Crippen molar-refractivity contribution >= 4 is 5.82 Å². The van der Waals surface area contributed by atoms with Crippen LogP contribution in [-0.4, -0.2) is 69.8 Å². The fraction of sp³-hybridized carbons (Fsp3) is 0.667. The van der Waals surface area contributed by atoms with Crippen LogP contribution in [0.4, 0.5) is 10.2 Å². The number of aliphatic hydroxyl groups is 3. The van der Waals surface area contributed by atoms with E-state index in [4.69, 9.17) is 25.1 Å². The Morgan fingerprint density at radius 1 is 1.35 bits per heavy atom. The lowest BCUT2D eigenvalue weighted by molar-refractivity contribution is -0.0553. The number of ether oxygens (including phenoxy) is 3. The summed E-state index contributed by atoms with van der Waals surface area (Å²) in [7, 11) is 0. The smallest absolute Gasteiger partial charge is 0.351 e. The van der Waals surface area contributed by atoms with E-state index < -0.39 is 48.5 Å². The first kappa shape index (κ1) is 17.7. The molecule has 1 aromatic heterocycles. The minimum absolute atomic E-state index is 0.500. The maximum absolute atomic E-state index is 13.2. The van der Waals surface area contributed by atoms with Gasteiger partial charge < -0.3 is 35.3 Å². The van der Waals surface area contributed by atoms with Crippen molar-refractivity contribution in [3.8, 4) is 0 Å². The van der Waals surface area contributed by atoms with Gasteiger partial charge >= 0.3 is 5.69 Å². The number of nitrogens with zero attached hydrogens (tertiary/aromatic N) is 2. The molecule has 0 saturated carbocycles. The van der Waals surface area contributed by atoms with Crippen LogP contribution in [0.1, 0.15) is 6.23 Å². The van der Waals surface area contributed by atoms with Gasteiger partial charge in [0.05, 0.1) is 26.0 Å². The maximum Gasteiger partial charge on any atom is 0.351 e. The molecule has 2 fully saturated rings. The van der Waals surface area contributed by atoms with Crippen molar-refractivity contribution in [1.82, 2.24) is 9.55 Å². The van der Waals surface area contributed by atoms with E-state index in [2.05, 4.69) is 4.98 Å². The van der Waals surface area contributed by atoms with Gasteiger partial charge in [0.2, 0.25) is 0 Å². The second-order valence-electron chi connectivity index (χ2n) is 4.83. The molecule has 0 unspecified atom stereocenters. The molecule has 2 saturated heterocycles. The standard InChI is InChI=1S/C9H12FN3O5.C3H6O2/c10-3-1-13(9(17)12-7(3)11)8-6(16)5(15)4(2-14)18-8;1-2-5-3-4-1/h1,4-6,8,14-16H,2H2,(H2,11,12,17);1-3H2/t4-,5-,6-,8-;/m1./s1. The lowest BCUT2D eigenvalue weighted by atomic mass is 10.1. The van der Waals surface area contributed by atoms with Gasteiger partial charge in [-0.15, -0.1) is 0 Å². The highest BCUT2D eigenvalue weighted by Gasteiger charge is 2.43. The first-order valence-corrected chi connectivity index (χ1v) is 6.77. The Balaban J connectivity index is 0.000000326. The van der Waals surface area contributed by atoms with Gasteiger partial charge in [0.25, 0.3) is 0 Å². The average Bonchev–Trinajstić information content (AvgIpc) is 3.18. The predicted octanol–water partition coefficient (Wildman–Crippen LogP) is -2.43. The molecule has 2 aliphatic heterocycles. The van der Waals surface area contributed by atoms with Crippen molar-refractivity contribution in [3.63, 3.8) is 0 Å². The molecule has 130 valence electrons. The number of halogens is 1.